The topological polar surface area (TPSA) is 35.5 Å². The Labute approximate surface area is 131 Å². The van der Waals surface area contributed by atoms with Gasteiger partial charge in [0.25, 0.3) is 0 Å². The molecular weight excluding hydrogens is 283 g/mol. The van der Waals surface area contributed by atoms with Crippen molar-refractivity contribution in [1.29, 1.82) is 0 Å². The van der Waals surface area contributed by atoms with E-state index < -0.39 is 17.7 Å². The number of rotatable bonds is 6. The number of halogens is 1. The largest absolute Gasteiger partial charge is 0.489 e. The van der Waals surface area contributed by atoms with Gasteiger partial charge in [-0.25, -0.2) is 4.39 Å². The van der Waals surface area contributed by atoms with Crippen LogP contribution in [-0.4, -0.2) is 19.7 Å². The van der Waals surface area contributed by atoms with Crippen LogP contribution in [0.1, 0.15) is 38.7 Å². The highest BCUT2D eigenvalue weighted by Crippen LogP contribution is 2.26. The Balaban J connectivity index is 2.91. The van der Waals surface area contributed by atoms with Crippen LogP contribution < -0.4 is 4.74 Å². The molecule has 0 aliphatic heterocycles. The zero-order valence-electron chi connectivity index (χ0n) is 13.4. The molecule has 22 heavy (non-hydrogen) atoms. The minimum absolute atomic E-state index is 0.0201. The van der Waals surface area contributed by atoms with Gasteiger partial charge in [0.2, 0.25) is 0 Å². The lowest BCUT2D eigenvalue weighted by Crippen LogP contribution is -2.09. The van der Waals surface area contributed by atoms with Crippen LogP contribution in [0.3, 0.4) is 0 Å². The number of methoxy groups -OCH3 is 1. The lowest BCUT2D eigenvalue weighted by Gasteiger charge is -2.12. The zero-order chi connectivity index (χ0) is 16.5. The van der Waals surface area contributed by atoms with Gasteiger partial charge in [-0.3, -0.25) is 4.79 Å². The van der Waals surface area contributed by atoms with Gasteiger partial charge >= 0.3 is 5.97 Å². The van der Waals surface area contributed by atoms with Crippen molar-refractivity contribution in [1.82, 2.24) is 0 Å². The number of carbonyl (C=O) groups is 1. The SMILES string of the molecule is CC#CC(CC(=O)OC)c1ccc(OCC=C(C)C)cc1F. The molecule has 1 unspecified atom stereocenters. The molecule has 1 aromatic rings. The van der Waals surface area contributed by atoms with Gasteiger partial charge in [0.15, 0.2) is 0 Å². The van der Waals surface area contributed by atoms with E-state index in [1.54, 1.807) is 19.1 Å². The number of esters is 1. The van der Waals surface area contributed by atoms with Gasteiger partial charge in [-0.2, -0.15) is 0 Å². The number of ether oxygens (including phenoxy) is 2. The first-order valence-electron chi connectivity index (χ1n) is 7.02. The van der Waals surface area contributed by atoms with E-state index in [4.69, 9.17) is 4.74 Å². The minimum atomic E-state index is -0.524. The number of carbonyl (C=O) groups excluding carboxylic acids is 1. The van der Waals surface area contributed by atoms with E-state index in [0.29, 0.717) is 17.9 Å². The van der Waals surface area contributed by atoms with E-state index in [2.05, 4.69) is 16.6 Å². The third kappa shape index (κ3) is 5.61. The third-order valence-corrected chi connectivity index (χ3v) is 3.01. The Morgan fingerprint density at radius 3 is 2.68 bits per heavy atom. The maximum atomic E-state index is 14.2. The standard InChI is InChI=1S/C18H21FO3/c1-5-6-14(11-18(20)21-4)16-8-7-15(12-17(16)19)22-10-9-13(2)3/h7-9,12,14H,10-11H2,1-4H3. The summed E-state index contributed by atoms with van der Waals surface area (Å²) < 4.78 is 24.3. The molecule has 0 spiro atoms. The molecule has 1 aromatic carbocycles. The molecule has 0 amide bonds. The van der Waals surface area contributed by atoms with E-state index in [0.717, 1.165) is 5.57 Å². The molecule has 0 radical (unpaired) electrons. The molecule has 0 fully saturated rings. The van der Waals surface area contributed by atoms with Crippen molar-refractivity contribution in [2.75, 3.05) is 13.7 Å². The van der Waals surface area contributed by atoms with Crippen LogP contribution in [-0.2, 0) is 9.53 Å². The van der Waals surface area contributed by atoms with Crippen LogP contribution in [0.5, 0.6) is 5.75 Å². The van der Waals surface area contributed by atoms with Crippen molar-refractivity contribution in [3.63, 3.8) is 0 Å². The molecule has 0 heterocycles. The van der Waals surface area contributed by atoms with Crippen LogP contribution >= 0.6 is 0 Å². The molecule has 0 aliphatic rings. The first-order chi connectivity index (χ1) is 10.5. The summed E-state index contributed by atoms with van der Waals surface area (Å²) in [6, 6.07) is 4.60. The van der Waals surface area contributed by atoms with Crippen molar-refractivity contribution >= 4 is 5.97 Å². The molecular formula is C18H21FO3. The summed E-state index contributed by atoms with van der Waals surface area (Å²) >= 11 is 0. The first kappa shape index (κ1) is 17.8. The number of hydrogen-bond acceptors (Lipinski definition) is 3. The summed E-state index contributed by atoms with van der Waals surface area (Å²) in [5.41, 5.74) is 1.50. The molecule has 0 aromatic heterocycles. The predicted octanol–water partition coefficient (Wildman–Crippen LogP) is 3.84. The summed E-state index contributed by atoms with van der Waals surface area (Å²) in [4.78, 5) is 11.4. The van der Waals surface area contributed by atoms with Gasteiger partial charge in [-0.15, -0.1) is 5.92 Å². The van der Waals surface area contributed by atoms with Crippen LogP contribution in [0.15, 0.2) is 29.8 Å². The fourth-order valence-corrected chi connectivity index (χ4v) is 1.85. The summed E-state index contributed by atoms with van der Waals surface area (Å²) in [5, 5.41) is 0. The predicted molar refractivity (Wildman–Crippen MR) is 84.2 cm³/mol. The normalized spacial score (nSPS) is 11.0. The quantitative estimate of drug-likeness (QED) is 0.455. The Hall–Kier alpha value is -2.28. The van der Waals surface area contributed by atoms with Gasteiger partial charge in [-0.05, 0) is 32.9 Å². The van der Waals surface area contributed by atoms with Gasteiger partial charge in [-0.1, -0.05) is 17.6 Å². The summed E-state index contributed by atoms with van der Waals surface area (Å²) in [7, 11) is 1.30. The highest BCUT2D eigenvalue weighted by atomic mass is 19.1. The molecule has 118 valence electrons. The number of hydrogen-bond donors (Lipinski definition) is 0. The maximum absolute atomic E-state index is 14.2. The average molecular weight is 304 g/mol. The van der Waals surface area contributed by atoms with Gasteiger partial charge in [0.1, 0.15) is 18.2 Å². The maximum Gasteiger partial charge on any atom is 0.307 e. The summed E-state index contributed by atoms with van der Waals surface area (Å²) in [6.45, 7) is 5.97. The Morgan fingerprint density at radius 2 is 2.14 bits per heavy atom. The van der Waals surface area contributed by atoms with E-state index in [1.807, 2.05) is 19.9 Å². The molecule has 1 atom stereocenters. The van der Waals surface area contributed by atoms with Crippen LogP contribution in [0, 0.1) is 17.7 Å². The fourth-order valence-electron chi connectivity index (χ4n) is 1.85. The molecule has 0 bridgehead atoms. The highest BCUT2D eigenvalue weighted by Gasteiger charge is 2.18. The summed E-state index contributed by atoms with van der Waals surface area (Å²) in [6.07, 6.45) is 1.93. The Morgan fingerprint density at radius 1 is 1.41 bits per heavy atom. The summed E-state index contributed by atoms with van der Waals surface area (Å²) in [5.74, 6) is 4.62. The second-order valence-corrected chi connectivity index (χ2v) is 5.00. The Bertz CT molecular complexity index is 604. The first-order valence-corrected chi connectivity index (χ1v) is 7.02. The van der Waals surface area contributed by atoms with Gasteiger partial charge in [0.05, 0.1) is 19.4 Å². The van der Waals surface area contributed by atoms with E-state index in [-0.39, 0.29) is 6.42 Å². The van der Waals surface area contributed by atoms with Crippen molar-refractivity contribution in [3.05, 3.63) is 41.2 Å². The highest BCUT2D eigenvalue weighted by molar-refractivity contribution is 5.71. The second-order valence-electron chi connectivity index (χ2n) is 5.00. The van der Waals surface area contributed by atoms with Crippen LogP contribution in [0.25, 0.3) is 0 Å². The molecule has 3 nitrogen and oxygen atoms in total. The number of benzene rings is 1. The minimum Gasteiger partial charge on any atom is -0.489 e. The molecule has 0 N–H and O–H groups in total. The molecule has 1 rings (SSSR count). The molecule has 0 saturated carbocycles. The van der Waals surface area contributed by atoms with Crippen molar-refractivity contribution < 1.29 is 18.7 Å². The van der Waals surface area contributed by atoms with Crippen molar-refractivity contribution in [2.24, 2.45) is 0 Å². The van der Waals surface area contributed by atoms with Gasteiger partial charge in [0, 0.05) is 11.6 Å². The lowest BCUT2D eigenvalue weighted by molar-refractivity contribution is -0.140. The monoisotopic (exact) mass is 304 g/mol. The van der Waals surface area contributed by atoms with E-state index in [1.165, 1.54) is 13.2 Å². The second kappa shape index (κ2) is 8.89. The molecule has 0 aliphatic carbocycles. The smallest absolute Gasteiger partial charge is 0.307 e. The fraction of sp³-hybridized carbons (Fsp3) is 0.389. The van der Waals surface area contributed by atoms with Gasteiger partial charge < -0.3 is 9.47 Å². The van der Waals surface area contributed by atoms with Crippen molar-refractivity contribution in [2.45, 2.75) is 33.1 Å². The third-order valence-electron chi connectivity index (χ3n) is 3.01. The van der Waals surface area contributed by atoms with E-state index >= 15 is 0 Å². The zero-order valence-corrected chi connectivity index (χ0v) is 13.4. The van der Waals surface area contributed by atoms with Crippen LogP contribution in [0.2, 0.25) is 0 Å². The lowest BCUT2D eigenvalue weighted by atomic mass is 9.95. The van der Waals surface area contributed by atoms with Crippen molar-refractivity contribution in [3.8, 4) is 17.6 Å². The van der Waals surface area contributed by atoms with Crippen LogP contribution in [0.4, 0.5) is 4.39 Å². The molecule has 4 heteroatoms. The Kier molecular flexibility index (Phi) is 7.18. The van der Waals surface area contributed by atoms with E-state index in [9.17, 15) is 9.18 Å². The average Bonchev–Trinajstić information content (AvgIpc) is 2.46. The number of allylic oxidation sites excluding steroid dienone is 1. The molecule has 0 saturated heterocycles.